The minimum absolute atomic E-state index is 0.00485. The molecular weight excluding hydrogens is 460 g/mol. The van der Waals surface area contributed by atoms with Gasteiger partial charge in [-0.25, -0.2) is 0 Å². The predicted octanol–water partition coefficient (Wildman–Crippen LogP) is 6.58. The van der Waals surface area contributed by atoms with Crippen LogP contribution < -0.4 is 0 Å². The molecule has 1 N–H and O–H groups in total. The Kier molecular flexibility index (Phi) is 5.06. The number of nitrogens with one attached hydrogen (secondary N) is 1. The molecule has 5 aliphatic rings. The Labute approximate surface area is 222 Å². The van der Waals surface area contributed by atoms with Gasteiger partial charge in [0.25, 0.3) is 0 Å². The molecule has 0 spiro atoms. The Balaban J connectivity index is 1.47. The average molecular weight is 507 g/mol. The third kappa shape index (κ3) is 2.95. The van der Waals surface area contributed by atoms with E-state index in [1.807, 2.05) is 6.20 Å². The van der Waals surface area contributed by atoms with Gasteiger partial charge in [-0.05, 0) is 103 Å². The summed E-state index contributed by atoms with van der Waals surface area (Å²) in [5.74, 6) is 0.913. The van der Waals surface area contributed by atoms with Crippen molar-refractivity contribution in [2.75, 3.05) is 7.11 Å². The first-order valence-electron chi connectivity index (χ1n) is 14.5. The lowest BCUT2D eigenvalue weighted by molar-refractivity contribution is -0.174. The molecule has 202 valence electrons. The Hall–Kier alpha value is -1.91. The van der Waals surface area contributed by atoms with Crippen LogP contribution >= 0.6 is 0 Å². The summed E-state index contributed by atoms with van der Waals surface area (Å²) in [4.78, 5) is 27.4. The molecular formula is C32H46N2O3. The average Bonchev–Trinajstić information content (AvgIpc) is 3.29. The molecule has 0 unspecified atom stereocenters. The molecule has 0 aliphatic heterocycles. The first kappa shape index (κ1) is 25.4. The van der Waals surface area contributed by atoms with Gasteiger partial charge in [-0.3, -0.25) is 14.7 Å². The number of aromatic nitrogens is 2. The van der Waals surface area contributed by atoms with Crippen molar-refractivity contribution >= 4 is 11.8 Å². The fraction of sp³-hybridized carbons (Fsp3) is 0.781. The lowest BCUT2D eigenvalue weighted by atomic mass is 9.33. The van der Waals surface area contributed by atoms with E-state index in [4.69, 9.17) is 4.74 Å². The zero-order valence-corrected chi connectivity index (χ0v) is 24.2. The summed E-state index contributed by atoms with van der Waals surface area (Å²) in [5.41, 5.74) is 3.28. The van der Waals surface area contributed by atoms with Crippen LogP contribution in [0, 0.1) is 44.8 Å². The van der Waals surface area contributed by atoms with Gasteiger partial charge < -0.3 is 4.74 Å². The summed E-state index contributed by atoms with van der Waals surface area (Å²) in [6.45, 7) is 16.5. The van der Waals surface area contributed by atoms with E-state index >= 15 is 0 Å². The molecule has 5 nitrogen and oxygen atoms in total. The number of carbonyl (C=O) groups excluding carboxylic acids is 2. The molecule has 37 heavy (non-hydrogen) atoms. The van der Waals surface area contributed by atoms with E-state index in [-0.39, 0.29) is 44.9 Å². The Morgan fingerprint density at radius 1 is 1.03 bits per heavy atom. The molecule has 1 aromatic rings. The number of nitrogens with zero attached hydrogens (tertiary/aromatic N) is 1. The number of carbonyl (C=O) groups is 2. The van der Waals surface area contributed by atoms with Crippen LogP contribution in [0.5, 0.6) is 0 Å². The van der Waals surface area contributed by atoms with Crippen molar-refractivity contribution in [3.05, 3.63) is 29.1 Å². The van der Waals surface area contributed by atoms with Gasteiger partial charge in [-0.15, -0.1) is 0 Å². The highest BCUT2D eigenvalue weighted by molar-refractivity contribution is 5.96. The fourth-order valence-electron chi connectivity index (χ4n) is 11.0. The van der Waals surface area contributed by atoms with E-state index in [0.717, 1.165) is 51.4 Å². The number of esters is 1. The highest BCUT2D eigenvalue weighted by atomic mass is 16.5. The van der Waals surface area contributed by atoms with Crippen molar-refractivity contribution < 1.29 is 14.3 Å². The maximum Gasteiger partial charge on any atom is 0.311 e. The molecule has 0 amide bonds. The van der Waals surface area contributed by atoms with E-state index in [9.17, 15) is 9.59 Å². The zero-order chi connectivity index (χ0) is 26.8. The number of methoxy groups -OCH3 is 1. The Morgan fingerprint density at radius 2 is 1.73 bits per heavy atom. The second-order valence-electron chi connectivity index (χ2n) is 15.4. The monoisotopic (exact) mass is 506 g/mol. The van der Waals surface area contributed by atoms with Crippen molar-refractivity contribution in [2.45, 2.75) is 105 Å². The summed E-state index contributed by atoms with van der Waals surface area (Å²) in [6.07, 6.45) is 12.2. The largest absolute Gasteiger partial charge is 0.469 e. The minimum Gasteiger partial charge on any atom is -0.469 e. The minimum atomic E-state index is -0.479. The molecule has 1 heterocycles. The van der Waals surface area contributed by atoms with Crippen molar-refractivity contribution in [1.29, 1.82) is 0 Å². The summed E-state index contributed by atoms with van der Waals surface area (Å²) < 4.78 is 5.27. The van der Waals surface area contributed by atoms with E-state index in [1.54, 1.807) is 0 Å². The van der Waals surface area contributed by atoms with E-state index in [0.29, 0.717) is 11.7 Å². The lowest BCUT2D eigenvalue weighted by Gasteiger charge is -2.69. The van der Waals surface area contributed by atoms with Gasteiger partial charge in [0.2, 0.25) is 0 Å². The number of hydrogen-bond donors (Lipinski definition) is 1. The number of ketones is 1. The maximum absolute atomic E-state index is 14.5. The van der Waals surface area contributed by atoms with Gasteiger partial charge in [-0.2, -0.15) is 5.10 Å². The predicted molar refractivity (Wildman–Crippen MR) is 144 cm³/mol. The third-order valence-electron chi connectivity index (χ3n) is 13.3. The number of allylic oxidation sites excluding steroid dienone is 2. The zero-order valence-electron chi connectivity index (χ0n) is 24.2. The van der Waals surface area contributed by atoms with Gasteiger partial charge in [0.1, 0.15) is 0 Å². The van der Waals surface area contributed by atoms with Crippen LogP contribution in [-0.4, -0.2) is 29.1 Å². The number of ether oxygens (including phenoxy) is 1. The van der Waals surface area contributed by atoms with Crippen LogP contribution in [0.25, 0.3) is 0 Å². The highest BCUT2D eigenvalue weighted by Gasteiger charge is 2.70. The van der Waals surface area contributed by atoms with Gasteiger partial charge in [-0.1, -0.05) is 47.1 Å². The molecule has 5 aliphatic carbocycles. The molecule has 6 rings (SSSR count). The molecule has 3 saturated carbocycles. The lowest BCUT2D eigenvalue weighted by Crippen LogP contribution is -2.66. The van der Waals surface area contributed by atoms with Crippen LogP contribution in [0.4, 0.5) is 0 Å². The maximum atomic E-state index is 14.5. The van der Waals surface area contributed by atoms with Gasteiger partial charge >= 0.3 is 5.97 Å². The number of rotatable bonds is 1. The topological polar surface area (TPSA) is 72.1 Å². The molecule has 3 fully saturated rings. The molecule has 8 atom stereocenters. The molecule has 5 heteroatoms. The van der Waals surface area contributed by atoms with Crippen molar-refractivity contribution in [3.8, 4) is 0 Å². The normalized spacial score (nSPS) is 47.9. The van der Waals surface area contributed by atoms with Crippen LogP contribution in [0.1, 0.15) is 105 Å². The van der Waals surface area contributed by atoms with Gasteiger partial charge in [0, 0.05) is 17.0 Å². The van der Waals surface area contributed by atoms with Crippen molar-refractivity contribution in [2.24, 2.45) is 44.8 Å². The second-order valence-corrected chi connectivity index (χ2v) is 15.4. The molecule has 0 saturated heterocycles. The van der Waals surface area contributed by atoms with Gasteiger partial charge in [0.05, 0.1) is 18.7 Å². The number of fused-ring (bicyclic) bond motifs is 8. The standard InChI is InChI=1S/C32H46N2O3/c1-27(2)23-9-10-32(7)24(30(23,5)16-19-18-33-34-25(19)27)22(35)15-20-21-17-29(4,26(36)37-8)12-11-28(21,3)13-14-31(20,32)6/h15,18,21,23-24H,9-14,16-17H2,1-8H3,(H,33,34)/t21-,23-,24+,28+,29-,30-,31+,32+/m0/s1. The molecule has 0 bridgehead atoms. The summed E-state index contributed by atoms with van der Waals surface area (Å²) in [5, 5.41) is 7.75. The summed E-state index contributed by atoms with van der Waals surface area (Å²) in [6, 6.07) is 0. The molecule has 0 radical (unpaired) electrons. The third-order valence-corrected chi connectivity index (χ3v) is 13.3. The summed E-state index contributed by atoms with van der Waals surface area (Å²) >= 11 is 0. The Morgan fingerprint density at radius 3 is 2.43 bits per heavy atom. The van der Waals surface area contributed by atoms with Crippen molar-refractivity contribution in [1.82, 2.24) is 10.2 Å². The van der Waals surface area contributed by atoms with Crippen molar-refractivity contribution in [3.63, 3.8) is 0 Å². The first-order valence-corrected chi connectivity index (χ1v) is 14.5. The van der Waals surface area contributed by atoms with E-state index < -0.39 is 5.41 Å². The van der Waals surface area contributed by atoms with Crippen LogP contribution in [-0.2, 0) is 26.2 Å². The Bertz CT molecular complexity index is 1210. The highest BCUT2D eigenvalue weighted by Crippen LogP contribution is 2.74. The van der Waals surface area contributed by atoms with Crippen LogP contribution in [0.3, 0.4) is 0 Å². The quantitative estimate of drug-likeness (QED) is 0.437. The van der Waals surface area contributed by atoms with Gasteiger partial charge in [0.15, 0.2) is 5.78 Å². The molecule has 0 aromatic carbocycles. The molecule has 1 aromatic heterocycles. The number of H-pyrrole nitrogens is 1. The van der Waals surface area contributed by atoms with E-state index in [1.165, 1.54) is 23.9 Å². The van der Waals surface area contributed by atoms with Crippen LogP contribution in [0.2, 0.25) is 0 Å². The van der Waals surface area contributed by atoms with Crippen LogP contribution in [0.15, 0.2) is 17.8 Å². The number of aromatic amines is 1. The fourth-order valence-corrected chi connectivity index (χ4v) is 11.0. The van der Waals surface area contributed by atoms with E-state index in [2.05, 4.69) is 64.7 Å². The number of hydrogen-bond acceptors (Lipinski definition) is 4. The first-order chi connectivity index (χ1) is 17.2. The summed E-state index contributed by atoms with van der Waals surface area (Å²) in [7, 11) is 1.51. The smallest absolute Gasteiger partial charge is 0.311 e. The second kappa shape index (κ2) is 7.39. The SMILES string of the molecule is COC(=O)[C@@]1(C)CC[C@]2(C)CC[C@]3(C)C(=CC(=O)[C@@H]4[C@@]5(C)Cc6cn[nH]c6C(C)(C)[C@@H]5CC[C@]43C)[C@@H]2C1.